The van der Waals surface area contributed by atoms with E-state index in [1.165, 1.54) is 0 Å². The highest BCUT2D eigenvalue weighted by Gasteiger charge is 2.25. The van der Waals surface area contributed by atoms with Crippen molar-refractivity contribution in [3.8, 4) is 6.07 Å². The first-order valence-corrected chi connectivity index (χ1v) is 6.74. The second-order valence-corrected chi connectivity index (χ2v) is 5.24. The molecule has 0 radical (unpaired) electrons. The van der Waals surface area contributed by atoms with Crippen molar-refractivity contribution in [2.45, 2.75) is 31.7 Å². The smallest absolute Gasteiger partial charge is 0.236 e. The third kappa shape index (κ3) is 3.18. The minimum Gasteiger partial charge on any atom is -0.368 e. The SMILES string of the molecule is N#Cc1cc(Cl)ccc1N(CC(N)=O)C1CCCC1. The monoisotopic (exact) mass is 277 g/mol. The summed E-state index contributed by atoms with van der Waals surface area (Å²) in [5.74, 6) is -0.384. The molecule has 1 aliphatic rings. The molecule has 0 aromatic heterocycles. The molecule has 0 bridgehead atoms. The molecule has 1 saturated carbocycles. The molecule has 1 aliphatic carbocycles. The molecular formula is C14H16ClN3O. The Morgan fingerprint density at radius 2 is 2.16 bits per heavy atom. The van der Waals surface area contributed by atoms with Gasteiger partial charge in [-0.25, -0.2) is 0 Å². The molecule has 5 heteroatoms. The van der Waals surface area contributed by atoms with Gasteiger partial charge in [-0.2, -0.15) is 5.26 Å². The van der Waals surface area contributed by atoms with Crippen molar-refractivity contribution in [3.63, 3.8) is 0 Å². The van der Waals surface area contributed by atoms with Crippen LogP contribution in [0.1, 0.15) is 31.2 Å². The highest BCUT2D eigenvalue weighted by atomic mass is 35.5. The molecule has 2 N–H and O–H groups in total. The zero-order valence-electron chi connectivity index (χ0n) is 10.6. The van der Waals surface area contributed by atoms with E-state index >= 15 is 0 Å². The van der Waals surface area contributed by atoms with Crippen LogP contribution >= 0.6 is 11.6 Å². The number of halogens is 1. The maximum absolute atomic E-state index is 11.3. The molecule has 4 nitrogen and oxygen atoms in total. The Balaban J connectivity index is 2.37. The van der Waals surface area contributed by atoms with Crippen LogP contribution < -0.4 is 10.6 Å². The number of nitrogens with two attached hydrogens (primary N) is 1. The molecule has 0 saturated heterocycles. The predicted molar refractivity (Wildman–Crippen MR) is 75.0 cm³/mol. The highest BCUT2D eigenvalue weighted by Crippen LogP contribution is 2.31. The lowest BCUT2D eigenvalue weighted by molar-refractivity contribution is -0.116. The van der Waals surface area contributed by atoms with Crippen molar-refractivity contribution < 1.29 is 4.79 Å². The maximum atomic E-state index is 11.3. The van der Waals surface area contributed by atoms with E-state index in [1.807, 2.05) is 4.90 Å². The topological polar surface area (TPSA) is 70.1 Å². The van der Waals surface area contributed by atoms with Crippen LogP contribution in [0.25, 0.3) is 0 Å². The molecule has 0 spiro atoms. The molecule has 1 aromatic carbocycles. The first-order valence-electron chi connectivity index (χ1n) is 6.36. The number of carbonyl (C=O) groups excluding carboxylic acids is 1. The molecular weight excluding hydrogens is 262 g/mol. The van der Waals surface area contributed by atoms with Crippen LogP contribution in [0.15, 0.2) is 18.2 Å². The molecule has 0 aliphatic heterocycles. The van der Waals surface area contributed by atoms with E-state index in [0.29, 0.717) is 10.6 Å². The van der Waals surface area contributed by atoms with Gasteiger partial charge >= 0.3 is 0 Å². The van der Waals surface area contributed by atoms with Gasteiger partial charge in [-0.15, -0.1) is 0 Å². The van der Waals surface area contributed by atoms with Gasteiger partial charge in [-0.3, -0.25) is 4.79 Å². The summed E-state index contributed by atoms with van der Waals surface area (Å²) < 4.78 is 0. The van der Waals surface area contributed by atoms with Crippen LogP contribution in [-0.4, -0.2) is 18.5 Å². The zero-order chi connectivity index (χ0) is 13.8. The standard InChI is InChI=1S/C14H16ClN3O/c15-11-5-6-13(10(7-11)8-16)18(9-14(17)19)12-3-1-2-4-12/h5-7,12H,1-4,9H2,(H2,17,19). The quantitative estimate of drug-likeness (QED) is 0.919. The van der Waals surface area contributed by atoms with Crippen LogP contribution in [0, 0.1) is 11.3 Å². The van der Waals surface area contributed by atoms with E-state index in [9.17, 15) is 10.1 Å². The van der Waals surface area contributed by atoms with E-state index in [-0.39, 0.29) is 18.5 Å². The van der Waals surface area contributed by atoms with E-state index in [1.54, 1.807) is 18.2 Å². The van der Waals surface area contributed by atoms with E-state index in [2.05, 4.69) is 6.07 Å². The Kier molecular flexibility index (Phi) is 4.28. The van der Waals surface area contributed by atoms with Crippen molar-refractivity contribution in [1.29, 1.82) is 5.26 Å². The third-order valence-electron chi connectivity index (χ3n) is 3.48. The number of nitriles is 1. The first-order chi connectivity index (χ1) is 9.11. The van der Waals surface area contributed by atoms with Crippen molar-refractivity contribution in [2.24, 2.45) is 5.73 Å². The number of carbonyl (C=O) groups is 1. The summed E-state index contributed by atoms with van der Waals surface area (Å²) >= 11 is 5.90. The van der Waals surface area contributed by atoms with Gasteiger partial charge in [-0.05, 0) is 31.0 Å². The lowest BCUT2D eigenvalue weighted by Gasteiger charge is -2.30. The second kappa shape index (κ2) is 5.94. The predicted octanol–water partition coefficient (Wildman–Crippen LogP) is 2.45. The fraction of sp³-hybridized carbons (Fsp3) is 0.429. The average molecular weight is 278 g/mol. The largest absolute Gasteiger partial charge is 0.368 e. The summed E-state index contributed by atoms with van der Waals surface area (Å²) in [4.78, 5) is 13.2. The molecule has 2 rings (SSSR count). The molecule has 1 fully saturated rings. The molecule has 0 unspecified atom stereocenters. The number of amides is 1. The zero-order valence-corrected chi connectivity index (χ0v) is 11.4. The van der Waals surface area contributed by atoms with Crippen LogP contribution in [0.4, 0.5) is 5.69 Å². The lowest BCUT2D eigenvalue weighted by Crippen LogP contribution is -2.40. The van der Waals surface area contributed by atoms with Crippen LogP contribution in [0.2, 0.25) is 5.02 Å². The van der Waals surface area contributed by atoms with Gasteiger partial charge in [0.25, 0.3) is 0 Å². The Morgan fingerprint density at radius 1 is 1.47 bits per heavy atom. The third-order valence-corrected chi connectivity index (χ3v) is 3.72. The normalized spacial score (nSPS) is 15.2. The van der Waals surface area contributed by atoms with Crippen LogP contribution in [0.3, 0.4) is 0 Å². The van der Waals surface area contributed by atoms with Gasteiger partial charge < -0.3 is 10.6 Å². The van der Waals surface area contributed by atoms with Gasteiger partial charge in [0.1, 0.15) is 6.07 Å². The van der Waals surface area contributed by atoms with Crippen molar-refractivity contribution in [3.05, 3.63) is 28.8 Å². The van der Waals surface area contributed by atoms with Crippen molar-refractivity contribution >= 4 is 23.2 Å². The summed E-state index contributed by atoms with van der Waals surface area (Å²) in [5.41, 5.74) is 6.56. The minimum atomic E-state index is -0.384. The average Bonchev–Trinajstić information content (AvgIpc) is 2.89. The Hall–Kier alpha value is -1.73. The fourth-order valence-corrected chi connectivity index (χ4v) is 2.82. The number of rotatable bonds is 4. The van der Waals surface area contributed by atoms with Crippen molar-refractivity contribution in [2.75, 3.05) is 11.4 Å². The number of anilines is 1. The Labute approximate surface area is 117 Å². The second-order valence-electron chi connectivity index (χ2n) is 4.81. The van der Waals surface area contributed by atoms with Gasteiger partial charge in [0.15, 0.2) is 0 Å². The molecule has 0 heterocycles. The van der Waals surface area contributed by atoms with E-state index in [4.69, 9.17) is 17.3 Å². The van der Waals surface area contributed by atoms with E-state index in [0.717, 1.165) is 31.4 Å². The summed E-state index contributed by atoms with van der Waals surface area (Å²) in [6.45, 7) is 0.140. The highest BCUT2D eigenvalue weighted by molar-refractivity contribution is 6.30. The summed E-state index contributed by atoms with van der Waals surface area (Å²) in [6.07, 6.45) is 4.35. The summed E-state index contributed by atoms with van der Waals surface area (Å²) in [6, 6.07) is 7.57. The lowest BCUT2D eigenvalue weighted by atomic mass is 10.1. The minimum absolute atomic E-state index is 0.140. The first kappa shape index (κ1) is 13.7. The van der Waals surface area contributed by atoms with Gasteiger partial charge in [0, 0.05) is 11.1 Å². The van der Waals surface area contributed by atoms with Crippen molar-refractivity contribution in [1.82, 2.24) is 0 Å². The Morgan fingerprint density at radius 3 is 2.74 bits per heavy atom. The maximum Gasteiger partial charge on any atom is 0.236 e. The number of nitrogens with zero attached hydrogens (tertiary/aromatic N) is 2. The van der Waals surface area contributed by atoms with Crippen LogP contribution in [0.5, 0.6) is 0 Å². The van der Waals surface area contributed by atoms with Gasteiger partial charge in [-0.1, -0.05) is 24.4 Å². The molecule has 1 aromatic rings. The van der Waals surface area contributed by atoms with Crippen LogP contribution in [-0.2, 0) is 4.79 Å². The number of hydrogen-bond acceptors (Lipinski definition) is 3. The van der Waals surface area contributed by atoms with Gasteiger partial charge in [0.2, 0.25) is 5.91 Å². The summed E-state index contributed by atoms with van der Waals surface area (Å²) in [7, 11) is 0. The number of hydrogen-bond donors (Lipinski definition) is 1. The molecule has 19 heavy (non-hydrogen) atoms. The Bertz CT molecular complexity index is 518. The van der Waals surface area contributed by atoms with Gasteiger partial charge in [0.05, 0.1) is 17.8 Å². The number of primary amides is 1. The molecule has 1 amide bonds. The fourth-order valence-electron chi connectivity index (χ4n) is 2.64. The number of benzene rings is 1. The van der Waals surface area contributed by atoms with E-state index < -0.39 is 0 Å². The summed E-state index contributed by atoms with van der Waals surface area (Å²) in [5, 5.41) is 9.74. The molecule has 0 atom stereocenters. The molecule has 100 valence electrons.